The van der Waals surface area contributed by atoms with Crippen molar-refractivity contribution in [3.8, 4) is 11.5 Å². The minimum atomic E-state index is -0.671. The number of hydrogen-bond donors (Lipinski definition) is 1. The maximum absolute atomic E-state index is 12.2. The van der Waals surface area contributed by atoms with Crippen LogP contribution in [0.5, 0.6) is 11.5 Å². The number of likely N-dealkylation sites (N-methyl/N-ethyl adjacent to an activating group) is 1. The van der Waals surface area contributed by atoms with Gasteiger partial charge in [0, 0.05) is 31.6 Å². The number of likely N-dealkylation sites (tertiary alicyclic amines) is 1. The molecule has 0 spiro atoms. The maximum Gasteiger partial charge on any atom is 0.308 e. The molecule has 1 amide bonds. The first-order valence-electron chi connectivity index (χ1n) is 13.9. The van der Waals surface area contributed by atoms with Gasteiger partial charge < -0.3 is 24.4 Å². The predicted molar refractivity (Wildman–Crippen MR) is 141 cm³/mol. The molecule has 0 aromatic heterocycles. The van der Waals surface area contributed by atoms with Crippen LogP contribution < -0.4 is 9.47 Å². The van der Waals surface area contributed by atoms with E-state index >= 15 is 0 Å². The molecule has 1 saturated heterocycles. The number of rotatable bonds is 10. The Bertz CT molecular complexity index is 831. The molecule has 0 bridgehead atoms. The van der Waals surface area contributed by atoms with E-state index < -0.39 is 5.97 Å². The third kappa shape index (κ3) is 7.15. The standard InChI is InChI=1S/C20H27NO4.C9H19NO/c1-12-3-5-13(6-4-12)19-18(20(22)23)15(10-21(19)2)14-7-8-16-17(9-14)25-11-24-16;1-3-5-7-10(9-11)8-6-4-2/h7-9,12-13,15,18-19H,3-6,10-11H2,1-2H3,(H,22,23);9H,3-8H2,1-2H3. The van der Waals surface area contributed by atoms with Crippen LogP contribution in [-0.4, -0.2) is 66.8 Å². The molecule has 3 unspecified atom stereocenters. The number of aliphatic carboxylic acids is 1. The zero-order chi connectivity index (χ0) is 26.1. The highest BCUT2D eigenvalue weighted by atomic mass is 16.7. The van der Waals surface area contributed by atoms with Crippen LogP contribution in [0, 0.1) is 17.8 Å². The second-order valence-corrected chi connectivity index (χ2v) is 10.9. The summed E-state index contributed by atoms with van der Waals surface area (Å²) in [6, 6.07) is 6.02. The Kier molecular flexibility index (Phi) is 10.9. The Morgan fingerprint density at radius 2 is 1.72 bits per heavy atom. The fourth-order valence-electron chi connectivity index (χ4n) is 6.05. The number of benzene rings is 1. The molecule has 1 aromatic carbocycles. The summed E-state index contributed by atoms with van der Waals surface area (Å²) in [5, 5.41) is 10.0. The van der Waals surface area contributed by atoms with Gasteiger partial charge in [0.1, 0.15) is 0 Å². The molecule has 1 aliphatic carbocycles. The molecular formula is C29H46N2O5. The van der Waals surface area contributed by atoms with Gasteiger partial charge in [0.15, 0.2) is 11.5 Å². The molecule has 202 valence electrons. The largest absolute Gasteiger partial charge is 0.481 e. The van der Waals surface area contributed by atoms with Gasteiger partial charge in [-0.05, 0) is 62.3 Å². The van der Waals surface area contributed by atoms with Crippen LogP contribution in [0.3, 0.4) is 0 Å². The lowest BCUT2D eigenvalue weighted by molar-refractivity contribution is -0.143. The van der Waals surface area contributed by atoms with Crippen molar-refractivity contribution < 1.29 is 24.2 Å². The van der Waals surface area contributed by atoms with Crippen molar-refractivity contribution in [2.24, 2.45) is 17.8 Å². The average molecular weight is 503 g/mol. The van der Waals surface area contributed by atoms with E-state index in [4.69, 9.17) is 9.47 Å². The lowest BCUT2D eigenvalue weighted by Gasteiger charge is -2.36. The quantitative estimate of drug-likeness (QED) is 0.433. The zero-order valence-electron chi connectivity index (χ0n) is 22.7. The SMILES string of the molecule is CC1CCC(C2C(C(=O)O)C(c3ccc4c(c3)OCO4)CN2C)CC1.CCCCN(C=O)CCCC. The lowest BCUT2D eigenvalue weighted by Crippen LogP contribution is -2.41. The van der Waals surface area contributed by atoms with E-state index in [2.05, 4.69) is 32.7 Å². The van der Waals surface area contributed by atoms with E-state index in [1.54, 1.807) is 0 Å². The summed E-state index contributed by atoms with van der Waals surface area (Å²) in [5.74, 6) is 1.72. The van der Waals surface area contributed by atoms with Crippen LogP contribution in [-0.2, 0) is 9.59 Å². The number of amides is 1. The van der Waals surface area contributed by atoms with E-state index in [0.717, 1.165) is 87.5 Å². The zero-order valence-corrected chi connectivity index (χ0v) is 22.7. The van der Waals surface area contributed by atoms with Crippen LogP contribution in [0.25, 0.3) is 0 Å². The second-order valence-electron chi connectivity index (χ2n) is 10.9. The molecule has 1 saturated carbocycles. The van der Waals surface area contributed by atoms with Gasteiger partial charge in [-0.2, -0.15) is 0 Å². The maximum atomic E-state index is 12.2. The first-order valence-corrected chi connectivity index (χ1v) is 13.9. The minimum absolute atomic E-state index is 0.00125. The Balaban J connectivity index is 0.000000280. The predicted octanol–water partition coefficient (Wildman–Crippen LogP) is 5.39. The topological polar surface area (TPSA) is 79.3 Å². The van der Waals surface area contributed by atoms with Crippen LogP contribution >= 0.6 is 0 Å². The first kappa shape index (κ1) is 28.3. The van der Waals surface area contributed by atoms with Crippen LogP contribution in [0.4, 0.5) is 0 Å². The van der Waals surface area contributed by atoms with Gasteiger partial charge in [-0.25, -0.2) is 0 Å². The molecule has 2 aliphatic heterocycles. The normalized spacial score (nSPS) is 27.3. The van der Waals surface area contributed by atoms with Gasteiger partial charge in [0.25, 0.3) is 0 Å². The summed E-state index contributed by atoms with van der Waals surface area (Å²) in [6.45, 7) is 9.48. The van der Waals surface area contributed by atoms with Crippen molar-refractivity contribution in [1.29, 1.82) is 0 Å². The van der Waals surface area contributed by atoms with E-state index in [1.165, 1.54) is 12.8 Å². The monoisotopic (exact) mass is 502 g/mol. The molecule has 2 fully saturated rings. The highest BCUT2D eigenvalue weighted by molar-refractivity contribution is 5.73. The van der Waals surface area contributed by atoms with Gasteiger partial charge in [-0.3, -0.25) is 9.59 Å². The lowest BCUT2D eigenvalue weighted by atomic mass is 9.73. The number of carboxylic acids is 1. The van der Waals surface area contributed by atoms with E-state index in [-0.39, 0.29) is 24.7 Å². The molecule has 0 radical (unpaired) electrons. The van der Waals surface area contributed by atoms with E-state index in [9.17, 15) is 14.7 Å². The first-order chi connectivity index (χ1) is 17.4. The molecule has 4 rings (SSSR count). The molecule has 1 N–H and O–H groups in total. The van der Waals surface area contributed by atoms with Crippen molar-refractivity contribution in [3.63, 3.8) is 0 Å². The van der Waals surface area contributed by atoms with Gasteiger partial charge in [0.05, 0.1) is 5.92 Å². The molecule has 3 aliphatic rings. The summed E-state index contributed by atoms with van der Waals surface area (Å²) in [5.41, 5.74) is 1.05. The van der Waals surface area contributed by atoms with Gasteiger partial charge in [-0.1, -0.05) is 52.5 Å². The van der Waals surface area contributed by atoms with E-state index in [1.807, 2.05) is 23.1 Å². The Morgan fingerprint density at radius 1 is 1.08 bits per heavy atom. The molecule has 1 aromatic rings. The van der Waals surface area contributed by atoms with Crippen molar-refractivity contribution in [2.75, 3.05) is 33.5 Å². The van der Waals surface area contributed by atoms with Crippen LogP contribution in [0.1, 0.15) is 83.6 Å². The molecular weight excluding hydrogens is 456 g/mol. The third-order valence-electron chi connectivity index (χ3n) is 8.20. The summed E-state index contributed by atoms with van der Waals surface area (Å²) in [7, 11) is 2.09. The van der Waals surface area contributed by atoms with Gasteiger partial charge >= 0.3 is 5.97 Å². The number of unbranched alkanes of at least 4 members (excludes halogenated alkanes) is 2. The molecule has 7 heteroatoms. The summed E-state index contributed by atoms with van der Waals surface area (Å²) in [4.78, 5) is 26.8. The van der Waals surface area contributed by atoms with Crippen molar-refractivity contribution in [3.05, 3.63) is 23.8 Å². The number of hydrogen-bond acceptors (Lipinski definition) is 5. The number of carboxylic acid groups (broad SMARTS) is 1. The smallest absolute Gasteiger partial charge is 0.308 e. The number of nitrogens with zero attached hydrogens (tertiary/aromatic N) is 2. The number of fused-ring (bicyclic) bond motifs is 1. The minimum Gasteiger partial charge on any atom is -0.481 e. The fourth-order valence-corrected chi connectivity index (χ4v) is 6.05. The van der Waals surface area contributed by atoms with Crippen LogP contribution in [0.2, 0.25) is 0 Å². The fraction of sp³-hybridized carbons (Fsp3) is 0.724. The highest BCUT2D eigenvalue weighted by Gasteiger charge is 2.48. The third-order valence-corrected chi connectivity index (χ3v) is 8.20. The van der Waals surface area contributed by atoms with Gasteiger partial charge in [-0.15, -0.1) is 0 Å². The summed E-state index contributed by atoms with van der Waals surface area (Å²) in [6.07, 6.45) is 10.3. The van der Waals surface area contributed by atoms with Crippen molar-refractivity contribution in [1.82, 2.24) is 9.80 Å². The molecule has 7 nitrogen and oxygen atoms in total. The van der Waals surface area contributed by atoms with Gasteiger partial charge in [0.2, 0.25) is 13.2 Å². The van der Waals surface area contributed by atoms with Crippen molar-refractivity contribution >= 4 is 12.4 Å². The van der Waals surface area contributed by atoms with E-state index in [0.29, 0.717) is 5.92 Å². The van der Waals surface area contributed by atoms with Crippen molar-refractivity contribution in [2.45, 2.75) is 84.1 Å². The Hall–Kier alpha value is -2.28. The number of carbonyl (C=O) groups is 2. The number of carbonyl (C=O) groups excluding carboxylic acids is 1. The summed E-state index contributed by atoms with van der Waals surface area (Å²) < 4.78 is 10.9. The molecule has 3 atom stereocenters. The average Bonchev–Trinajstić information content (AvgIpc) is 3.49. The Morgan fingerprint density at radius 3 is 2.31 bits per heavy atom. The number of ether oxygens (including phenoxy) is 2. The molecule has 36 heavy (non-hydrogen) atoms. The van der Waals surface area contributed by atoms with Crippen LogP contribution in [0.15, 0.2) is 18.2 Å². The highest BCUT2D eigenvalue weighted by Crippen LogP contribution is 2.46. The molecule has 2 heterocycles. The summed E-state index contributed by atoms with van der Waals surface area (Å²) >= 11 is 0. The second kappa shape index (κ2) is 13.9. The Labute approximate surface area is 217 Å².